The minimum Gasteiger partial charge on any atom is -0.484 e. The zero-order valence-corrected chi connectivity index (χ0v) is 21.0. The molecule has 7 heteroatoms. The zero-order chi connectivity index (χ0) is 24.3. The SMILES string of the molecule is Cc1cc(Cl)ccc1-c1nc(CCC(=O)c2ccc(OC(C)(C)CO)c(Cl)c2)c(C(C)C)o1. The van der Waals surface area contributed by atoms with Gasteiger partial charge < -0.3 is 14.3 Å². The minimum absolute atomic E-state index is 0.0493. The Balaban J connectivity index is 1.77. The Bertz CT molecular complexity index is 1150. The van der Waals surface area contributed by atoms with Crippen LogP contribution in [0.2, 0.25) is 10.0 Å². The first kappa shape index (κ1) is 25.3. The highest BCUT2D eigenvalue weighted by Gasteiger charge is 2.22. The monoisotopic (exact) mass is 489 g/mol. The summed E-state index contributed by atoms with van der Waals surface area (Å²) in [5, 5.41) is 10.4. The van der Waals surface area contributed by atoms with Crippen LogP contribution in [0.3, 0.4) is 0 Å². The number of ether oxygens (including phenoxy) is 1. The predicted octanol–water partition coefficient (Wildman–Crippen LogP) is 7.05. The van der Waals surface area contributed by atoms with E-state index in [-0.39, 0.29) is 24.7 Å². The van der Waals surface area contributed by atoms with Gasteiger partial charge in [0.15, 0.2) is 5.78 Å². The number of hydrogen-bond donors (Lipinski definition) is 1. The molecule has 0 amide bonds. The Hall–Kier alpha value is -2.34. The van der Waals surface area contributed by atoms with Crippen LogP contribution in [0, 0.1) is 6.92 Å². The van der Waals surface area contributed by atoms with Crippen LogP contribution in [0.4, 0.5) is 0 Å². The summed E-state index contributed by atoms with van der Waals surface area (Å²) in [5.41, 5.74) is 2.36. The molecule has 0 unspecified atom stereocenters. The number of nitrogens with zero attached hydrogens (tertiary/aromatic N) is 1. The molecule has 0 aliphatic rings. The highest BCUT2D eigenvalue weighted by atomic mass is 35.5. The van der Waals surface area contributed by atoms with E-state index in [1.807, 2.05) is 39.0 Å². The summed E-state index contributed by atoms with van der Waals surface area (Å²) >= 11 is 12.4. The molecule has 1 N–H and O–H groups in total. The maximum atomic E-state index is 12.9. The average molecular weight is 490 g/mol. The smallest absolute Gasteiger partial charge is 0.226 e. The van der Waals surface area contributed by atoms with Gasteiger partial charge in [-0.2, -0.15) is 0 Å². The third-order valence-electron chi connectivity index (χ3n) is 5.28. The molecule has 1 heterocycles. The van der Waals surface area contributed by atoms with Crippen LogP contribution in [-0.4, -0.2) is 28.1 Å². The average Bonchev–Trinajstić information content (AvgIpc) is 3.17. The van der Waals surface area contributed by atoms with Crippen LogP contribution in [-0.2, 0) is 6.42 Å². The van der Waals surface area contributed by atoms with Gasteiger partial charge in [0.05, 0.1) is 17.3 Å². The number of rotatable bonds is 9. The number of Topliss-reactive ketones (excluding diaryl/α,β-unsaturated/α-hetero) is 1. The Labute approximate surface area is 204 Å². The fourth-order valence-electron chi connectivity index (χ4n) is 3.44. The van der Waals surface area contributed by atoms with E-state index in [1.165, 1.54) is 0 Å². The van der Waals surface area contributed by atoms with Gasteiger partial charge in [0.2, 0.25) is 5.89 Å². The van der Waals surface area contributed by atoms with Crippen molar-refractivity contribution in [1.82, 2.24) is 4.98 Å². The van der Waals surface area contributed by atoms with Gasteiger partial charge in [-0.1, -0.05) is 37.0 Å². The topological polar surface area (TPSA) is 72.6 Å². The van der Waals surface area contributed by atoms with E-state index in [1.54, 1.807) is 32.0 Å². The molecule has 0 atom stereocenters. The van der Waals surface area contributed by atoms with Gasteiger partial charge in [-0.15, -0.1) is 0 Å². The van der Waals surface area contributed by atoms with Crippen molar-refractivity contribution in [3.8, 4) is 17.2 Å². The molecule has 0 spiro atoms. The van der Waals surface area contributed by atoms with Gasteiger partial charge in [0, 0.05) is 34.9 Å². The van der Waals surface area contributed by atoms with Crippen molar-refractivity contribution in [2.75, 3.05) is 6.61 Å². The summed E-state index contributed by atoms with van der Waals surface area (Å²) < 4.78 is 11.8. The summed E-state index contributed by atoms with van der Waals surface area (Å²) in [7, 11) is 0. The van der Waals surface area contributed by atoms with Gasteiger partial charge in [-0.05, 0) is 62.7 Å². The second-order valence-corrected chi connectivity index (χ2v) is 9.88. The van der Waals surface area contributed by atoms with E-state index in [2.05, 4.69) is 0 Å². The van der Waals surface area contributed by atoms with Gasteiger partial charge in [-0.25, -0.2) is 4.98 Å². The number of hydrogen-bond acceptors (Lipinski definition) is 5. The summed E-state index contributed by atoms with van der Waals surface area (Å²) in [6.45, 7) is 9.39. The number of halogens is 2. The van der Waals surface area contributed by atoms with Gasteiger partial charge >= 0.3 is 0 Å². The number of aryl methyl sites for hydroxylation is 2. The number of aromatic nitrogens is 1. The maximum absolute atomic E-state index is 12.9. The molecule has 5 nitrogen and oxygen atoms in total. The van der Waals surface area contributed by atoms with Gasteiger partial charge in [0.25, 0.3) is 0 Å². The van der Waals surface area contributed by atoms with E-state index in [0.717, 1.165) is 22.6 Å². The normalized spacial score (nSPS) is 11.8. The van der Waals surface area contributed by atoms with Crippen LogP contribution in [0.5, 0.6) is 5.75 Å². The lowest BCUT2D eigenvalue weighted by Crippen LogP contribution is -2.32. The molecule has 0 aliphatic carbocycles. The number of ketones is 1. The summed E-state index contributed by atoms with van der Waals surface area (Å²) in [4.78, 5) is 17.6. The third-order valence-corrected chi connectivity index (χ3v) is 5.81. The lowest BCUT2D eigenvalue weighted by atomic mass is 10.0. The molecule has 0 saturated carbocycles. The van der Waals surface area contributed by atoms with E-state index >= 15 is 0 Å². The van der Waals surface area contributed by atoms with Crippen molar-refractivity contribution in [2.45, 2.75) is 59.0 Å². The van der Waals surface area contributed by atoms with Crippen molar-refractivity contribution in [3.05, 3.63) is 69.0 Å². The molecular weight excluding hydrogens is 461 g/mol. The maximum Gasteiger partial charge on any atom is 0.226 e. The number of aliphatic hydroxyl groups is 1. The van der Waals surface area contributed by atoms with E-state index in [0.29, 0.717) is 33.7 Å². The molecule has 0 saturated heterocycles. The fraction of sp³-hybridized carbons (Fsp3) is 0.385. The molecule has 1 aromatic heterocycles. The Morgan fingerprint density at radius 2 is 1.91 bits per heavy atom. The quantitative estimate of drug-likeness (QED) is 0.326. The highest BCUT2D eigenvalue weighted by molar-refractivity contribution is 6.32. The standard InChI is InChI=1S/C26H29Cl2NO4/c1-15(2)24-21(29-25(32-24)19-8-7-18(27)12-16(19)3)9-10-22(31)17-6-11-23(20(28)13-17)33-26(4,5)14-30/h6-8,11-13,15,30H,9-10,14H2,1-5H3. The first-order chi connectivity index (χ1) is 15.5. The van der Waals surface area contributed by atoms with Gasteiger partial charge in [0.1, 0.15) is 17.1 Å². The van der Waals surface area contributed by atoms with Crippen molar-refractivity contribution in [2.24, 2.45) is 0 Å². The molecule has 0 bridgehead atoms. The van der Waals surface area contributed by atoms with Gasteiger partial charge in [-0.3, -0.25) is 4.79 Å². The summed E-state index contributed by atoms with van der Waals surface area (Å²) in [5.74, 6) is 1.82. The molecule has 33 heavy (non-hydrogen) atoms. The number of benzene rings is 2. The lowest BCUT2D eigenvalue weighted by Gasteiger charge is -2.24. The highest BCUT2D eigenvalue weighted by Crippen LogP contribution is 2.32. The van der Waals surface area contributed by atoms with E-state index < -0.39 is 5.60 Å². The number of carbonyl (C=O) groups is 1. The van der Waals surface area contributed by atoms with Crippen molar-refractivity contribution in [1.29, 1.82) is 0 Å². The lowest BCUT2D eigenvalue weighted by molar-refractivity contribution is 0.0413. The van der Waals surface area contributed by atoms with E-state index in [9.17, 15) is 9.90 Å². The molecular formula is C26H29Cl2NO4. The third kappa shape index (κ3) is 6.17. The number of carbonyl (C=O) groups excluding carboxylic acids is 1. The van der Waals surface area contributed by atoms with Crippen LogP contribution < -0.4 is 4.74 Å². The summed E-state index contributed by atoms with van der Waals surface area (Å²) in [6, 6.07) is 10.5. The van der Waals surface area contributed by atoms with Crippen LogP contribution in [0.15, 0.2) is 40.8 Å². The molecule has 176 valence electrons. The molecule has 0 fully saturated rings. The van der Waals surface area contributed by atoms with Crippen LogP contribution >= 0.6 is 23.2 Å². The zero-order valence-electron chi connectivity index (χ0n) is 19.5. The molecule has 3 rings (SSSR count). The summed E-state index contributed by atoms with van der Waals surface area (Å²) in [6.07, 6.45) is 0.722. The molecule has 0 radical (unpaired) electrons. The number of oxazole rings is 1. The predicted molar refractivity (Wildman–Crippen MR) is 132 cm³/mol. The Morgan fingerprint density at radius 1 is 1.18 bits per heavy atom. The Morgan fingerprint density at radius 3 is 2.52 bits per heavy atom. The largest absolute Gasteiger partial charge is 0.484 e. The van der Waals surface area contributed by atoms with Crippen LogP contribution in [0.1, 0.15) is 67.4 Å². The molecule has 2 aromatic carbocycles. The van der Waals surface area contributed by atoms with Crippen molar-refractivity contribution >= 4 is 29.0 Å². The molecule has 0 aliphatic heterocycles. The first-order valence-corrected chi connectivity index (χ1v) is 11.6. The van der Waals surface area contributed by atoms with E-state index in [4.69, 9.17) is 37.3 Å². The van der Waals surface area contributed by atoms with Crippen molar-refractivity contribution in [3.63, 3.8) is 0 Å². The minimum atomic E-state index is -0.768. The van der Waals surface area contributed by atoms with Crippen LogP contribution in [0.25, 0.3) is 11.5 Å². The van der Waals surface area contributed by atoms with Crippen molar-refractivity contribution < 1.29 is 19.1 Å². The first-order valence-electron chi connectivity index (χ1n) is 10.9. The molecule has 3 aromatic rings. The number of aliphatic hydroxyl groups excluding tert-OH is 1. The second-order valence-electron chi connectivity index (χ2n) is 9.03. The fourth-order valence-corrected chi connectivity index (χ4v) is 3.89. The Kier molecular flexibility index (Phi) is 7.88. The second kappa shape index (κ2) is 10.3.